The number of hydrogen-bond acceptors (Lipinski definition) is 19. The molecule has 3 aromatic heterocycles. The molecule has 19 heteroatoms. The van der Waals surface area contributed by atoms with Crippen LogP contribution < -0.4 is 31.9 Å². The van der Waals surface area contributed by atoms with E-state index in [1.54, 1.807) is 36.4 Å². The molecule has 93 heavy (non-hydrogen) atoms. The van der Waals surface area contributed by atoms with Gasteiger partial charge in [0.05, 0.1) is 33.2 Å². The van der Waals surface area contributed by atoms with Gasteiger partial charge in [0.1, 0.15) is 34.7 Å². The zero-order chi connectivity index (χ0) is 63.8. The van der Waals surface area contributed by atoms with Crippen molar-refractivity contribution in [2.24, 2.45) is 0 Å². The van der Waals surface area contributed by atoms with Gasteiger partial charge in [-0.15, -0.1) is 0 Å². The first-order chi connectivity index (χ1) is 45.5. The van der Waals surface area contributed by atoms with E-state index in [9.17, 15) is 15.3 Å². The van der Waals surface area contributed by atoms with E-state index in [4.69, 9.17) is 24.9 Å². The highest BCUT2D eigenvalue weighted by molar-refractivity contribution is 5.93. The first kappa shape index (κ1) is 62.4. The average molecular weight is 1250 g/mol. The van der Waals surface area contributed by atoms with Gasteiger partial charge < -0.3 is 66.8 Å². The van der Waals surface area contributed by atoms with Crippen LogP contribution in [-0.2, 0) is 0 Å². The van der Waals surface area contributed by atoms with Gasteiger partial charge in [-0.05, 0) is 131 Å². The number of hydrogen-bond donors (Lipinski definition) is 9. The molecule has 9 N–H and O–H groups in total. The Hall–Kier alpha value is -9.40. The first-order valence-corrected chi connectivity index (χ1v) is 33.1. The Kier molecular flexibility index (Phi) is 19.2. The third-order valence-electron chi connectivity index (χ3n) is 19.1. The molecular formula is C74H86N16O3. The van der Waals surface area contributed by atoms with Crippen molar-refractivity contribution in [2.75, 3.05) is 95.0 Å². The van der Waals surface area contributed by atoms with Crippen LogP contribution in [0, 0.1) is 0 Å². The second kappa shape index (κ2) is 28.6. The fourth-order valence-electron chi connectivity index (χ4n) is 13.7. The molecular weight excluding hydrogens is 1160 g/mol. The van der Waals surface area contributed by atoms with E-state index in [0.717, 1.165) is 141 Å². The van der Waals surface area contributed by atoms with Gasteiger partial charge in [0.25, 0.3) is 0 Å². The van der Waals surface area contributed by atoms with Crippen LogP contribution in [0.3, 0.4) is 0 Å². The van der Waals surface area contributed by atoms with Gasteiger partial charge in [-0.25, -0.2) is 29.9 Å². The van der Waals surface area contributed by atoms with Gasteiger partial charge in [0.15, 0.2) is 17.5 Å². The number of likely N-dealkylation sites (N-methyl/N-ethyl adjacent to an activating group) is 1. The summed E-state index contributed by atoms with van der Waals surface area (Å²) >= 11 is 0. The Morgan fingerprint density at radius 2 is 0.667 bits per heavy atom. The summed E-state index contributed by atoms with van der Waals surface area (Å²) in [5.41, 5.74) is 8.08. The standard InChI is InChI=1S/C25H30N6O.C25H29N5O.C24H27N5O/c1-17(31-13-11-30(2)12-14-31)22-15-18(16-26-22)27-24-19-7-3-5-9-21(19)28-25(29-24)20-8-4-6-10-23(20)32;1-17(30-13-7-2-8-14-30)22-15-18(16-26-22)27-24-19-9-3-5-11-21(19)28-25(29-24)20-10-4-6-12-23(20)31;1-16(29-12-6-7-13-29)21-14-17(15-25-21)26-23-18-8-2-4-10-20(18)27-24(28-23)19-9-3-5-11-22(19)30/h3-10,18,22,26,32H,1,11-16H2,2H3,(H,27,28,29);3-6,9-12,18,22,26,31H,1-2,7-8,13-16H2,(H,27,28,29);2-5,8-11,17,21,25,30H,1,6-7,12-15H2,(H,26,27,28)/t2*18-,22+;17-,21+/m000/s1. The van der Waals surface area contributed by atoms with Gasteiger partial charge in [0.2, 0.25) is 0 Å². The number of phenols is 3. The molecule has 0 saturated carbocycles. The Balaban J connectivity index is 0.000000127. The Labute approximate surface area is 544 Å². The number of nitrogens with one attached hydrogen (secondary N) is 6. The lowest BCUT2D eigenvalue weighted by molar-refractivity contribution is 0.178. The van der Waals surface area contributed by atoms with Crippen molar-refractivity contribution in [2.45, 2.75) is 87.6 Å². The Bertz CT molecular complexity index is 4130. The molecule has 0 spiro atoms. The smallest absolute Gasteiger partial charge is 0.165 e. The molecule has 9 heterocycles. The predicted molar refractivity (Wildman–Crippen MR) is 374 cm³/mol. The summed E-state index contributed by atoms with van der Waals surface area (Å²) in [7, 11) is 2.17. The number of phenolic OH excluding ortho intramolecular Hbond substituents is 3. The van der Waals surface area contributed by atoms with Crippen LogP contribution in [0.25, 0.3) is 66.9 Å². The number of piperidine rings is 1. The number of aromatic nitrogens is 6. The summed E-state index contributed by atoms with van der Waals surface area (Å²) < 4.78 is 0. The number of fused-ring (bicyclic) bond motifs is 3. The molecule has 0 bridgehead atoms. The summed E-state index contributed by atoms with van der Waals surface area (Å²) in [6, 6.07) is 47.2. The van der Waals surface area contributed by atoms with Crippen LogP contribution >= 0.6 is 0 Å². The van der Waals surface area contributed by atoms with E-state index in [2.05, 4.69) is 83.3 Å². The van der Waals surface area contributed by atoms with Crippen molar-refractivity contribution < 1.29 is 15.3 Å². The third-order valence-corrected chi connectivity index (χ3v) is 19.1. The number of aromatic hydroxyl groups is 3. The van der Waals surface area contributed by atoms with Gasteiger partial charge in [-0.3, -0.25) is 0 Å². The fourth-order valence-corrected chi connectivity index (χ4v) is 13.7. The second-order valence-corrected chi connectivity index (χ2v) is 25.4. The molecule has 6 fully saturated rings. The molecule has 6 atom stereocenters. The van der Waals surface area contributed by atoms with Crippen molar-refractivity contribution in [3.63, 3.8) is 0 Å². The maximum absolute atomic E-state index is 10.3. The van der Waals surface area contributed by atoms with Crippen LogP contribution in [0.15, 0.2) is 182 Å². The first-order valence-electron chi connectivity index (χ1n) is 33.1. The second-order valence-electron chi connectivity index (χ2n) is 25.4. The summed E-state index contributed by atoms with van der Waals surface area (Å²) in [6.45, 7) is 24.4. The SMILES string of the molecule is C=C([C@H]1C[C@H](Nc2nc(-c3ccccc3O)nc3ccccc23)CN1)N1CCCC1.C=C([C@H]1C[C@H](Nc2nc(-c3ccccc3O)nc3ccccc23)CN1)N1CCCCC1.C=C([C@H]1C[C@H](Nc2nc(-c3ccccc3O)nc3ccccc23)CN1)N1CCN(C)CC1. The van der Waals surface area contributed by atoms with E-state index in [-0.39, 0.29) is 41.4 Å². The zero-order valence-corrected chi connectivity index (χ0v) is 53.2. The number of likely N-dealkylation sites (tertiary alicyclic amines) is 2. The molecule has 0 amide bonds. The van der Waals surface area contributed by atoms with E-state index < -0.39 is 0 Å². The quantitative estimate of drug-likeness (QED) is 0.0465. The molecule has 6 saturated heterocycles. The summed E-state index contributed by atoms with van der Waals surface area (Å²) in [5.74, 6) is 4.53. The van der Waals surface area contributed by atoms with Crippen LogP contribution in [0.1, 0.15) is 51.4 Å². The molecule has 6 aliphatic rings. The highest BCUT2D eigenvalue weighted by Gasteiger charge is 2.33. The molecule has 0 unspecified atom stereocenters. The van der Waals surface area contributed by atoms with Crippen LogP contribution in [0.5, 0.6) is 17.2 Å². The van der Waals surface area contributed by atoms with Crippen LogP contribution in [0.2, 0.25) is 0 Å². The van der Waals surface area contributed by atoms with E-state index in [1.165, 1.54) is 49.2 Å². The maximum atomic E-state index is 10.3. The molecule has 6 aliphatic heterocycles. The Morgan fingerprint density at radius 3 is 1.00 bits per heavy atom. The highest BCUT2D eigenvalue weighted by atomic mass is 16.3. The molecule has 0 radical (unpaired) electrons. The van der Waals surface area contributed by atoms with Crippen molar-refractivity contribution in [1.82, 2.24) is 65.5 Å². The molecule has 19 nitrogen and oxygen atoms in total. The number of piperazine rings is 1. The fraction of sp³-hybridized carbons (Fsp3) is 0.351. The molecule has 15 rings (SSSR count). The molecule has 480 valence electrons. The van der Waals surface area contributed by atoms with Crippen molar-refractivity contribution in [3.8, 4) is 51.4 Å². The monoisotopic (exact) mass is 1250 g/mol. The average Bonchev–Trinajstić information content (AvgIpc) is 1.70. The molecule has 9 aromatic rings. The van der Waals surface area contributed by atoms with Crippen molar-refractivity contribution in [3.05, 3.63) is 182 Å². The maximum Gasteiger partial charge on any atom is 0.165 e. The van der Waals surface area contributed by atoms with E-state index in [1.807, 2.05) is 109 Å². The van der Waals surface area contributed by atoms with Crippen molar-refractivity contribution >= 4 is 50.2 Å². The lowest BCUT2D eigenvalue weighted by Gasteiger charge is -2.37. The minimum atomic E-state index is 0.180. The lowest BCUT2D eigenvalue weighted by Crippen LogP contribution is -2.46. The zero-order valence-electron chi connectivity index (χ0n) is 53.2. The number of benzene rings is 6. The minimum absolute atomic E-state index is 0.180. The summed E-state index contributed by atoms with van der Waals surface area (Å²) in [6.07, 6.45) is 9.26. The van der Waals surface area contributed by atoms with E-state index in [0.29, 0.717) is 46.2 Å². The van der Waals surface area contributed by atoms with Crippen LogP contribution in [0.4, 0.5) is 17.5 Å². The van der Waals surface area contributed by atoms with Gasteiger partial charge in [0, 0.05) is 141 Å². The highest BCUT2D eigenvalue weighted by Crippen LogP contribution is 2.36. The predicted octanol–water partition coefficient (Wildman–Crippen LogP) is 10.8. The summed E-state index contributed by atoms with van der Waals surface area (Å²) in [4.78, 5) is 38.1. The third kappa shape index (κ3) is 14.5. The molecule has 0 aliphatic carbocycles. The van der Waals surface area contributed by atoms with E-state index >= 15 is 0 Å². The van der Waals surface area contributed by atoms with Gasteiger partial charge in [-0.2, -0.15) is 0 Å². The topological polar surface area (TPSA) is 223 Å². The lowest BCUT2D eigenvalue weighted by atomic mass is 10.1. The van der Waals surface area contributed by atoms with Crippen LogP contribution in [-0.4, -0.2) is 180 Å². The minimum Gasteiger partial charge on any atom is -0.507 e. The van der Waals surface area contributed by atoms with Crippen molar-refractivity contribution in [1.29, 1.82) is 0 Å². The number of rotatable bonds is 15. The number of nitrogens with zero attached hydrogens (tertiary/aromatic N) is 10. The van der Waals surface area contributed by atoms with Gasteiger partial charge in [-0.1, -0.05) is 92.5 Å². The number of anilines is 3. The summed E-state index contributed by atoms with van der Waals surface area (Å²) in [5, 5.41) is 55.7. The molecule has 6 aromatic carbocycles. The normalized spacial score (nSPS) is 21.5. The Morgan fingerprint density at radius 1 is 0.376 bits per heavy atom. The number of para-hydroxylation sites is 6. The van der Waals surface area contributed by atoms with Gasteiger partial charge >= 0.3 is 0 Å². The largest absolute Gasteiger partial charge is 0.507 e.